The SMILES string of the molecule is CC1CN(C)CCN1c1nccc(C(=N)N)n1. The molecule has 6 heteroatoms. The number of rotatable bonds is 2. The maximum Gasteiger partial charge on any atom is 0.226 e. The van der Waals surface area contributed by atoms with E-state index in [-0.39, 0.29) is 5.84 Å². The van der Waals surface area contributed by atoms with E-state index in [4.69, 9.17) is 11.1 Å². The van der Waals surface area contributed by atoms with Crippen molar-refractivity contribution < 1.29 is 0 Å². The van der Waals surface area contributed by atoms with E-state index < -0.39 is 0 Å². The highest BCUT2D eigenvalue weighted by atomic mass is 15.3. The van der Waals surface area contributed by atoms with Crippen LogP contribution < -0.4 is 10.6 Å². The molecule has 2 rings (SSSR count). The minimum absolute atomic E-state index is 0.0181. The second kappa shape index (κ2) is 4.67. The van der Waals surface area contributed by atoms with Crippen molar-refractivity contribution in [2.45, 2.75) is 13.0 Å². The number of anilines is 1. The lowest BCUT2D eigenvalue weighted by atomic mass is 10.2. The summed E-state index contributed by atoms with van der Waals surface area (Å²) in [6, 6.07) is 2.03. The van der Waals surface area contributed by atoms with Crippen LogP contribution in [0, 0.1) is 5.41 Å². The zero-order valence-electron chi connectivity index (χ0n) is 10.2. The number of nitrogen functional groups attached to an aromatic ring is 1. The van der Waals surface area contributed by atoms with Crippen LogP contribution in [0.5, 0.6) is 0 Å². The summed E-state index contributed by atoms with van der Waals surface area (Å²) in [7, 11) is 2.11. The molecule has 1 atom stereocenters. The lowest BCUT2D eigenvalue weighted by Gasteiger charge is -2.38. The summed E-state index contributed by atoms with van der Waals surface area (Å²) in [5.74, 6) is 0.647. The van der Waals surface area contributed by atoms with Crippen molar-refractivity contribution >= 4 is 11.8 Å². The van der Waals surface area contributed by atoms with E-state index in [1.54, 1.807) is 12.3 Å². The number of nitrogens with one attached hydrogen (secondary N) is 1. The summed E-state index contributed by atoms with van der Waals surface area (Å²) in [6.45, 7) is 5.05. The van der Waals surface area contributed by atoms with Gasteiger partial charge in [0.25, 0.3) is 0 Å². The normalized spacial score (nSPS) is 21.5. The van der Waals surface area contributed by atoms with Crippen molar-refractivity contribution in [1.29, 1.82) is 5.41 Å². The third kappa shape index (κ3) is 2.52. The van der Waals surface area contributed by atoms with Gasteiger partial charge in [-0.25, -0.2) is 9.97 Å². The van der Waals surface area contributed by atoms with E-state index >= 15 is 0 Å². The zero-order valence-corrected chi connectivity index (χ0v) is 10.2. The molecule has 1 aromatic rings. The fourth-order valence-corrected chi connectivity index (χ4v) is 2.07. The minimum Gasteiger partial charge on any atom is -0.382 e. The van der Waals surface area contributed by atoms with Crippen molar-refractivity contribution in [2.75, 3.05) is 31.6 Å². The van der Waals surface area contributed by atoms with Crippen LogP contribution in [0.3, 0.4) is 0 Å². The first-order valence-electron chi connectivity index (χ1n) is 5.70. The van der Waals surface area contributed by atoms with Gasteiger partial charge in [-0.1, -0.05) is 0 Å². The third-order valence-corrected chi connectivity index (χ3v) is 3.01. The Morgan fingerprint density at radius 2 is 2.29 bits per heavy atom. The first kappa shape index (κ1) is 11.8. The summed E-state index contributed by atoms with van der Waals surface area (Å²) in [5.41, 5.74) is 5.92. The summed E-state index contributed by atoms with van der Waals surface area (Å²) in [4.78, 5) is 13.0. The number of likely N-dealkylation sites (N-methyl/N-ethyl adjacent to an activating group) is 1. The maximum atomic E-state index is 7.39. The molecule has 0 amide bonds. The smallest absolute Gasteiger partial charge is 0.226 e. The Morgan fingerprint density at radius 3 is 2.94 bits per heavy atom. The highest BCUT2D eigenvalue weighted by Gasteiger charge is 2.23. The molecule has 0 saturated carbocycles. The van der Waals surface area contributed by atoms with Gasteiger partial charge in [-0.3, -0.25) is 5.41 Å². The van der Waals surface area contributed by atoms with Crippen LogP contribution in [0.25, 0.3) is 0 Å². The number of nitrogens with two attached hydrogens (primary N) is 1. The number of piperazine rings is 1. The quantitative estimate of drug-likeness (QED) is 0.551. The number of nitrogens with zero attached hydrogens (tertiary/aromatic N) is 4. The fraction of sp³-hybridized carbons (Fsp3) is 0.545. The molecule has 1 saturated heterocycles. The van der Waals surface area contributed by atoms with Crippen LogP contribution >= 0.6 is 0 Å². The Hall–Kier alpha value is -1.69. The molecular weight excluding hydrogens is 216 g/mol. The molecule has 92 valence electrons. The van der Waals surface area contributed by atoms with Crippen molar-refractivity contribution in [3.05, 3.63) is 18.0 Å². The van der Waals surface area contributed by atoms with E-state index in [0.29, 0.717) is 17.7 Å². The Balaban J connectivity index is 2.22. The number of aromatic nitrogens is 2. The monoisotopic (exact) mass is 234 g/mol. The molecule has 0 aliphatic carbocycles. The minimum atomic E-state index is -0.0181. The van der Waals surface area contributed by atoms with E-state index in [1.165, 1.54) is 0 Å². The lowest BCUT2D eigenvalue weighted by molar-refractivity contribution is 0.273. The summed E-state index contributed by atoms with van der Waals surface area (Å²) < 4.78 is 0. The van der Waals surface area contributed by atoms with Crippen molar-refractivity contribution in [1.82, 2.24) is 14.9 Å². The van der Waals surface area contributed by atoms with Gasteiger partial charge in [0, 0.05) is 31.9 Å². The molecule has 1 aromatic heterocycles. The number of hydrogen-bond acceptors (Lipinski definition) is 5. The van der Waals surface area contributed by atoms with Crippen LogP contribution in [0.4, 0.5) is 5.95 Å². The summed E-state index contributed by atoms with van der Waals surface area (Å²) in [6.07, 6.45) is 1.66. The molecule has 0 aromatic carbocycles. The van der Waals surface area contributed by atoms with Crippen LogP contribution in [0.15, 0.2) is 12.3 Å². The van der Waals surface area contributed by atoms with Gasteiger partial charge >= 0.3 is 0 Å². The Bertz CT molecular complexity index is 418. The Labute approximate surface area is 101 Å². The number of amidine groups is 1. The van der Waals surface area contributed by atoms with Gasteiger partial charge in [0.1, 0.15) is 11.5 Å². The van der Waals surface area contributed by atoms with Crippen LogP contribution in [-0.2, 0) is 0 Å². The lowest BCUT2D eigenvalue weighted by Crippen LogP contribution is -2.51. The van der Waals surface area contributed by atoms with Gasteiger partial charge in [-0.2, -0.15) is 0 Å². The molecule has 1 unspecified atom stereocenters. The molecule has 2 heterocycles. The molecular formula is C11H18N6. The molecule has 1 aliphatic heterocycles. The summed E-state index contributed by atoms with van der Waals surface area (Å²) in [5, 5.41) is 7.39. The van der Waals surface area contributed by atoms with Gasteiger partial charge in [0.05, 0.1) is 0 Å². The van der Waals surface area contributed by atoms with Gasteiger partial charge in [-0.15, -0.1) is 0 Å². The first-order valence-corrected chi connectivity index (χ1v) is 5.70. The van der Waals surface area contributed by atoms with Crippen LogP contribution in [-0.4, -0.2) is 53.4 Å². The predicted molar refractivity (Wildman–Crippen MR) is 67.4 cm³/mol. The van der Waals surface area contributed by atoms with E-state index in [9.17, 15) is 0 Å². The highest BCUT2D eigenvalue weighted by Crippen LogP contribution is 2.15. The number of hydrogen-bond donors (Lipinski definition) is 2. The molecule has 6 nitrogen and oxygen atoms in total. The van der Waals surface area contributed by atoms with Gasteiger partial charge in [-0.05, 0) is 20.0 Å². The Morgan fingerprint density at radius 1 is 1.53 bits per heavy atom. The highest BCUT2D eigenvalue weighted by molar-refractivity contribution is 5.93. The third-order valence-electron chi connectivity index (χ3n) is 3.01. The first-order chi connectivity index (χ1) is 8.08. The van der Waals surface area contributed by atoms with Crippen LogP contribution in [0.2, 0.25) is 0 Å². The zero-order chi connectivity index (χ0) is 12.4. The molecule has 0 spiro atoms. The van der Waals surface area contributed by atoms with Gasteiger partial charge in [0.15, 0.2) is 0 Å². The second-order valence-corrected chi connectivity index (χ2v) is 4.46. The Kier molecular flexibility index (Phi) is 3.23. The molecule has 3 N–H and O–H groups in total. The average molecular weight is 234 g/mol. The van der Waals surface area contributed by atoms with E-state index in [1.807, 2.05) is 0 Å². The van der Waals surface area contributed by atoms with Crippen molar-refractivity contribution in [2.24, 2.45) is 5.73 Å². The van der Waals surface area contributed by atoms with Gasteiger partial charge in [0.2, 0.25) is 5.95 Å². The van der Waals surface area contributed by atoms with E-state index in [2.05, 4.69) is 33.7 Å². The molecule has 17 heavy (non-hydrogen) atoms. The standard InChI is InChI=1S/C11H18N6/c1-8-7-16(2)5-6-17(8)11-14-4-3-9(15-11)10(12)13/h3-4,8H,5-7H2,1-2H3,(H3,12,13). The molecule has 0 bridgehead atoms. The topological polar surface area (TPSA) is 82.1 Å². The second-order valence-electron chi connectivity index (χ2n) is 4.46. The fourth-order valence-electron chi connectivity index (χ4n) is 2.07. The van der Waals surface area contributed by atoms with Crippen molar-refractivity contribution in [3.8, 4) is 0 Å². The predicted octanol–water partition coefficient (Wildman–Crippen LogP) is -0.0990. The van der Waals surface area contributed by atoms with Crippen molar-refractivity contribution in [3.63, 3.8) is 0 Å². The molecule has 1 fully saturated rings. The average Bonchev–Trinajstić information content (AvgIpc) is 2.29. The van der Waals surface area contributed by atoms with Crippen LogP contribution in [0.1, 0.15) is 12.6 Å². The molecule has 0 radical (unpaired) electrons. The maximum absolute atomic E-state index is 7.39. The molecule has 1 aliphatic rings. The summed E-state index contributed by atoms with van der Waals surface area (Å²) >= 11 is 0. The largest absolute Gasteiger partial charge is 0.382 e. The van der Waals surface area contributed by atoms with Gasteiger partial charge < -0.3 is 15.5 Å². The van der Waals surface area contributed by atoms with E-state index in [0.717, 1.165) is 19.6 Å².